The Balaban J connectivity index is 1.27. The Kier molecular flexibility index (Phi) is 10.3. The van der Waals surface area contributed by atoms with Gasteiger partial charge in [-0.15, -0.1) is 0 Å². The van der Waals surface area contributed by atoms with Crippen LogP contribution in [0, 0.1) is 23.7 Å². The maximum Gasteiger partial charge on any atom is 0.335 e. The predicted octanol–water partition coefficient (Wildman–Crippen LogP) is 0.849. The van der Waals surface area contributed by atoms with Crippen LogP contribution in [0.1, 0.15) is 32.3 Å². The van der Waals surface area contributed by atoms with E-state index in [1.807, 2.05) is 0 Å². The van der Waals surface area contributed by atoms with Crippen molar-refractivity contribution in [2.45, 2.75) is 88.2 Å². The molecule has 4 aliphatic rings. The molecule has 5 rings (SSSR count). The summed E-state index contributed by atoms with van der Waals surface area (Å²) in [5.74, 6) is -4.04. The van der Waals surface area contributed by atoms with Crippen LogP contribution in [0.2, 0.25) is 0 Å². The fourth-order valence-corrected chi connectivity index (χ4v) is 6.82. The average molecular weight is 659 g/mol. The van der Waals surface area contributed by atoms with Gasteiger partial charge in [-0.05, 0) is 41.5 Å². The largest absolute Gasteiger partial charge is 0.508 e. The van der Waals surface area contributed by atoms with Crippen LogP contribution in [0.4, 0.5) is 0 Å². The number of rotatable bonds is 9. The lowest BCUT2D eigenvalue weighted by atomic mass is 9.81. The van der Waals surface area contributed by atoms with Gasteiger partial charge in [0.2, 0.25) is 0 Å². The molecule has 2 aliphatic heterocycles. The fourth-order valence-electron chi connectivity index (χ4n) is 6.82. The molecule has 0 bridgehead atoms. The maximum atomic E-state index is 12.7. The molecule has 5 N–H and O–H groups in total. The highest BCUT2D eigenvalue weighted by molar-refractivity contribution is 5.91. The molecule has 0 spiro atoms. The number of fused-ring (bicyclic) bond motifs is 3. The van der Waals surface area contributed by atoms with E-state index in [2.05, 4.69) is 19.7 Å². The van der Waals surface area contributed by atoms with E-state index in [1.165, 1.54) is 12.1 Å². The zero-order valence-electron chi connectivity index (χ0n) is 26.3. The Morgan fingerprint density at radius 2 is 1.70 bits per heavy atom. The summed E-state index contributed by atoms with van der Waals surface area (Å²) in [5.41, 5.74) is 1.89. The normalized spacial score (nSPS) is 35.9. The Labute approximate surface area is 272 Å². The zero-order valence-corrected chi connectivity index (χ0v) is 26.3. The minimum absolute atomic E-state index is 0.0468. The van der Waals surface area contributed by atoms with Gasteiger partial charge < -0.3 is 49.2 Å². The lowest BCUT2D eigenvalue weighted by Gasteiger charge is -2.41. The third-order valence-electron chi connectivity index (χ3n) is 9.55. The summed E-state index contributed by atoms with van der Waals surface area (Å²) in [6.07, 6.45) is -11.1. The lowest BCUT2D eigenvalue weighted by Crippen LogP contribution is -2.60. The molecule has 13 nitrogen and oxygen atoms in total. The first-order valence-electron chi connectivity index (χ1n) is 15.6. The number of aliphatic hydroxyl groups is 4. The second-order valence-electron chi connectivity index (χ2n) is 13.1. The number of carbonyl (C=O) groups excluding carboxylic acids is 3. The van der Waals surface area contributed by atoms with Gasteiger partial charge in [0.05, 0.1) is 18.4 Å². The summed E-state index contributed by atoms with van der Waals surface area (Å²) >= 11 is 0. The first-order valence-corrected chi connectivity index (χ1v) is 15.6. The maximum absolute atomic E-state index is 12.7. The summed E-state index contributed by atoms with van der Waals surface area (Å²) in [4.78, 5) is 37.9. The number of benzene rings is 1. The van der Waals surface area contributed by atoms with Gasteiger partial charge in [-0.2, -0.15) is 0 Å². The van der Waals surface area contributed by atoms with Gasteiger partial charge in [0.25, 0.3) is 0 Å². The molecular formula is C34H42O13. The molecule has 13 heteroatoms. The van der Waals surface area contributed by atoms with Gasteiger partial charge in [0.1, 0.15) is 49.0 Å². The van der Waals surface area contributed by atoms with Crippen LogP contribution in [0.3, 0.4) is 0 Å². The number of carbonyl (C=O) groups is 3. The smallest absolute Gasteiger partial charge is 0.335 e. The number of phenols is 1. The minimum atomic E-state index is -1.69. The van der Waals surface area contributed by atoms with E-state index in [-0.39, 0.29) is 42.4 Å². The van der Waals surface area contributed by atoms with Crippen molar-refractivity contribution in [1.29, 1.82) is 0 Å². The molecule has 2 aliphatic carbocycles. The van der Waals surface area contributed by atoms with E-state index in [0.29, 0.717) is 16.7 Å². The van der Waals surface area contributed by atoms with Gasteiger partial charge in [-0.25, -0.2) is 9.59 Å². The second-order valence-corrected chi connectivity index (χ2v) is 13.1. The molecule has 2 saturated carbocycles. The summed E-state index contributed by atoms with van der Waals surface area (Å²) in [6, 6.07) is 5.98. The number of hydrogen-bond acceptors (Lipinski definition) is 13. The van der Waals surface area contributed by atoms with E-state index in [0.717, 1.165) is 0 Å². The molecule has 256 valence electrons. The Morgan fingerprint density at radius 3 is 2.36 bits per heavy atom. The molecule has 1 aromatic carbocycles. The SMILES string of the molecule is C=C1C(=O)O[C@@H]2[C@H]3C(=C)[C@@H](O[C@@H]4O[C@H](COC(=O)Cc5ccc(O)cc5)[C@@H](O)[C@H](O)[C@H]4O)C[C@H]3C(=C)C[C@@H](OC(=O)[C@@H](O)C(C)C)[C@@H]12. The zero-order chi connectivity index (χ0) is 34.3. The van der Waals surface area contributed by atoms with Gasteiger partial charge >= 0.3 is 17.9 Å². The van der Waals surface area contributed by atoms with Crippen molar-refractivity contribution < 1.29 is 63.6 Å². The Bertz CT molecular complexity index is 1400. The Hall–Kier alpha value is -3.59. The van der Waals surface area contributed by atoms with E-state index in [1.54, 1.807) is 26.0 Å². The first kappa shape index (κ1) is 34.7. The van der Waals surface area contributed by atoms with Gasteiger partial charge in [0.15, 0.2) is 12.4 Å². The van der Waals surface area contributed by atoms with Crippen molar-refractivity contribution >= 4 is 17.9 Å². The number of esters is 3. The molecule has 12 atom stereocenters. The Morgan fingerprint density at radius 1 is 1.02 bits per heavy atom. The van der Waals surface area contributed by atoms with Crippen molar-refractivity contribution in [3.05, 3.63) is 66.3 Å². The molecule has 0 unspecified atom stereocenters. The van der Waals surface area contributed by atoms with Crippen LogP contribution in [-0.4, -0.2) is 105 Å². The number of aliphatic hydroxyl groups excluding tert-OH is 4. The van der Waals surface area contributed by atoms with Crippen LogP contribution in [0.5, 0.6) is 5.75 Å². The van der Waals surface area contributed by atoms with E-state index in [4.69, 9.17) is 23.7 Å². The van der Waals surface area contributed by atoms with Crippen LogP contribution in [0.15, 0.2) is 60.7 Å². The predicted molar refractivity (Wildman–Crippen MR) is 162 cm³/mol. The third-order valence-corrected chi connectivity index (χ3v) is 9.55. The van der Waals surface area contributed by atoms with Gasteiger partial charge in [-0.3, -0.25) is 4.79 Å². The highest BCUT2D eigenvalue weighted by Gasteiger charge is 2.58. The average Bonchev–Trinajstić information content (AvgIpc) is 3.47. The molecule has 0 amide bonds. The summed E-state index contributed by atoms with van der Waals surface area (Å²) in [7, 11) is 0. The quantitative estimate of drug-likeness (QED) is 0.108. The van der Waals surface area contributed by atoms with E-state index >= 15 is 0 Å². The highest BCUT2D eigenvalue weighted by atomic mass is 16.7. The van der Waals surface area contributed by atoms with Crippen LogP contribution < -0.4 is 0 Å². The number of hydrogen-bond donors (Lipinski definition) is 5. The van der Waals surface area contributed by atoms with Crippen molar-refractivity contribution in [2.24, 2.45) is 23.7 Å². The molecule has 0 aromatic heterocycles. The highest BCUT2D eigenvalue weighted by Crippen LogP contribution is 2.53. The van der Waals surface area contributed by atoms with Crippen LogP contribution in [0.25, 0.3) is 0 Å². The van der Waals surface area contributed by atoms with Crippen molar-refractivity contribution in [2.75, 3.05) is 6.61 Å². The summed E-state index contributed by atoms with van der Waals surface area (Å²) < 4.78 is 28.7. The molecule has 1 aromatic rings. The standard InChI is InChI=1S/C34H42O13/c1-14(2)27(37)33(42)44-22-10-15(3)20-12-21(16(4)25(20)31-26(22)17(5)32(41)47-31)45-34-30(40)29(39)28(38)23(46-34)13-43-24(36)11-18-6-8-19(35)9-7-18/h6-9,14,20-23,25-31,34-35,37-40H,3-5,10-13H2,1-2H3/t20-,21-,22+,23+,25-,26+,27-,28+,29-,30+,31+,34+/m0/s1. The first-order chi connectivity index (χ1) is 22.2. The molecule has 4 fully saturated rings. The summed E-state index contributed by atoms with van der Waals surface area (Å²) in [5, 5.41) is 51.6. The molecular weight excluding hydrogens is 616 g/mol. The number of ether oxygens (including phenoxy) is 5. The molecule has 2 heterocycles. The third kappa shape index (κ3) is 7.01. The van der Waals surface area contributed by atoms with Crippen molar-refractivity contribution in [3.63, 3.8) is 0 Å². The second kappa shape index (κ2) is 13.9. The lowest BCUT2D eigenvalue weighted by molar-refractivity contribution is -0.308. The van der Waals surface area contributed by atoms with Gasteiger partial charge in [-0.1, -0.05) is 51.3 Å². The van der Waals surface area contributed by atoms with Crippen molar-refractivity contribution in [3.8, 4) is 5.75 Å². The van der Waals surface area contributed by atoms with E-state index in [9.17, 15) is 39.9 Å². The topological polar surface area (TPSA) is 199 Å². The number of phenolic OH excluding ortho intramolecular Hbond substituents is 1. The minimum Gasteiger partial charge on any atom is -0.508 e. The van der Waals surface area contributed by atoms with Gasteiger partial charge in [0, 0.05) is 17.9 Å². The number of aromatic hydroxyl groups is 1. The molecule has 0 radical (unpaired) electrons. The monoisotopic (exact) mass is 658 g/mol. The van der Waals surface area contributed by atoms with E-state index < -0.39 is 91.5 Å². The molecule has 2 saturated heterocycles. The molecule has 47 heavy (non-hydrogen) atoms. The van der Waals surface area contributed by atoms with Crippen LogP contribution in [-0.2, 0) is 44.5 Å². The summed E-state index contributed by atoms with van der Waals surface area (Å²) in [6.45, 7) is 15.3. The van der Waals surface area contributed by atoms with Crippen molar-refractivity contribution in [1.82, 2.24) is 0 Å². The van der Waals surface area contributed by atoms with Crippen LogP contribution >= 0.6 is 0 Å². The fraction of sp³-hybridized carbons (Fsp3) is 0.559.